The molecule has 0 saturated carbocycles. The zero-order valence-electron chi connectivity index (χ0n) is 13.1. The van der Waals surface area contributed by atoms with Crippen molar-refractivity contribution in [1.82, 2.24) is 4.90 Å². The van der Waals surface area contributed by atoms with Crippen LogP contribution in [0.4, 0.5) is 5.69 Å². The van der Waals surface area contributed by atoms with Crippen molar-refractivity contribution < 1.29 is 0 Å². The Hall–Kier alpha value is -0.780. The van der Waals surface area contributed by atoms with Crippen molar-refractivity contribution in [3.8, 4) is 0 Å². The highest BCUT2D eigenvalue weighted by Gasteiger charge is 2.23. The molecule has 1 aromatic carbocycles. The van der Waals surface area contributed by atoms with Gasteiger partial charge in [0.15, 0.2) is 0 Å². The molecule has 0 radical (unpaired) electrons. The van der Waals surface area contributed by atoms with Gasteiger partial charge in [0.1, 0.15) is 4.99 Å². The van der Waals surface area contributed by atoms with E-state index in [0.717, 1.165) is 23.5 Å². The molecule has 0 amide bonds. The minimum Gasteiger partial charge on any atom is -0.389 e. The van der Waals surface area contributed by atoms with Gasteiger partial charge in [0, 0.05) is 35.8 Å². The van der Waals surface area contributed by atoms with E-state index in [1.54, 1.807) is 11.8 Å². The third-order valence-electron chi connectivity index (χ3n) is 4.12. The normalized spacial score (nSPS) is 18.9. The summed E-state index contributed by atoms with van der Waals surface area (Å²) in [5.41, 5.74) is 8.18. The molecule has 0 aliphatic carbocycles. The second kappa shape index (κ2) is 7.47. The number of nitrogens with two attached hydrogens (primary N) is 1. The van der Waals surface area contributed by atoms with E-state index < -0.39 is 0 Å². The van der Waals surface area contributed by atoms with Gasteiger partial charge in [-0.05, 0) is 44.3 Å². The average molecular weight is 324 g/mol. The van der Waals surface area contributed by atoms with Gasteiger partial charge in [0.25, 0.3) is 0 Å². The van der Waals surface area contributed by atoms with Gasteiger partial charge in [-0.15, -0.1) is 11.8 Å². The molecule has 1 unspecified atom stereocenters. The number of benzene rings is 1. The lowest BCUT2D eigenvalue weighted by Crippen LogP contribution is -2.37. The molecule has 1 aliphatic heterocycles. The van der Waals surface area contributed by atoms with Crippen LogP contribution in [-0.4, -0.2) is 48.9 Å². The van der Waals surface area contributed by atoms with Gasteiger partial charge in [-0.1, -0.05) is 25.2 Å². The molecule has 21 heavy (non-hydrogen) atoms. The summed E-state index contributed by atoms with van der Waals surface area (Å²) in [6.45, 7) is 4.37. The van der Waals surface area contributed by atoms with Crippen LogP contribution in [-0.2, 0) is 0 Å². The van der Waals surface area contributed by atoms with Gasteiger partial charge < -0.3 is 15.5 Å². The van der Waals surface area contributed by atoms with Crippen LogP contribution in [0.2, 0.25) is 0 Å². The first kappa shape index (κ1) is 16.6. The summed E-state index contributed by atoms with van der Waals surface area (Å²) in [5.74, 6) is 1.02. The monoisotopic (exact) mass is 323 g/mol. The molecule has 0 aromatic heterocycles. The van der Waals surface area contributed by atoms with Crippen molar-refractivity contribution in [2.24, 2.45) is 5.73 Å². The second-order valence-corrected chi connectivity index (χ2v) is 7.35. The van der Waals surface area contributed by atoms with E-state index in [1.807, 2.05) is 0 Å². The number of anilines is 1. The third-order valence-corrected chi connectivity index (χ3v) is 5.26. The molecule has 1 atom stereocenters. The summed E-state index contributed by atoms with van der Waals surface area (Å²) in [5, 5.41) is 0. The van der Waals surface area contributed by atoms with Gasteiger partial charge >= 0.3 is 0 Å². The van der Waals surface area contributed by atoms with Crippen molar-refractivity contribution >= 4 is 34.7 Å². The fourth-order valence-electron chi connectivity index (χ4n) is 2.99. The summed E-state index contributed by atoms with van der Waals surface area (Å²) >= 11 is 7.10. The van der Waals surface area contributed by atoms with Crippen molar-refractivity contribution in [3.05, 3.63) is 23.8 Å². The number of likely N-dealkylation sites (tertiary alicyclic amines) is 1. The Morgan fingerprint density at radius 3 is 2.86 bits per heavy atom. The summed E-state index contributed by atoms with van der Waals surface area (Å²) in [7, 11) is 4.35. The van der Waals surface area contributed by atoms with E-state index in [0.29, 0.717) is 11.0 Å². The molecule has 3 nitrogen and oxygen atoms in total. The Morgan fingerprint density at radius 2 is 2.29 bits per heavy atom. The number of nitrogens with zero attached hydrogens (tertiary/aromatic N) is 2. The van der Waals surface area contributed by atoms with Gasteiger partial charge in [0.2, 0.25) is 0 Å². The van der Waals surface area contributed by atoms with E-state index in [9.17, 15) is 0 Å². The topological polar surface area (TPSA) is 32.5 Å². The van der Waals surface area contributed by atoms with Crippen LogP contribution in [0.25, 0.3) is 0 Å². The fraction of sp³-hybridized carbons (Fsp3) is 0.562. The number of thioether (sulfide) groups is 1. The quantitative estimate of drug-likeness (QED) is 0.643. The third kappa shape index (κ3) is 3.90. The Morgan fingerprint density at radius 1 is 1.52 bits per heavy atom. The predicted molar refractivity (Wildman–Crippen MR) is 97.6 cm³/mol. The van der Waals surface area contributed by atoms with Crippen molar-refractivity contribution in [1.29, 1.82) is 0 Å². The molecule has 2 N–H and O–H groups in total. The lowest BCUT2D eigenvalue weighted by molar-refractivity contribution is 0.314. The lowest BCUT2D eigenvalue weighted by Gasteiger charge is -2.29. The highest BCUT2D eigenvalue weighted by Crippen LogP contribution is 2.31. The first-order valence-corrected chi connectivity index (χ1v) is 8.91. The van der Waals surface area contributed by atoms with Crippen LogP contribution in [0, 0.1) is 0 Å². The van der Waals surface area contributed by atoms with Crippen LogP contribution >= 0.6 is 24.0 Å². The second-order valence-electron chi connectivity index (χ2n) is 5.60. The van der Waals surface area contributed by atoms with E-state index in [-0.39, 0.29) is 0 Å². The predicted octanol–water partition coefficient (Wildman–Crippen LogP) is 2.96. The van der Waals surface area contributed by atoms with Gasteiger partial charge in [0.05, 0.1) is 0 Å². The SMILES string of the molecule is CCSc1cccc(N(C)CC2CCCN2C)c1C(N)=S. The molecule has 1 heterocycles. The molecule has 0 spiro atoms. The van der Waals surface area contributed by atoms with Crippen molar-refractivity contribution in [2.75, 3.05) is 37.8 Å². The van der Waals surface area contributed by atoms with Gasteiger partial charge in [-0.25, -0.2) is 0 Å². The fourth-order valence-corrected chi connectivity index (χ4v) is 4.11. The largest absolute Gasteiger partial charge is 0.389 e. The van der Waals surface area contributed by atoms with Crippen LogP contribution in [0.15, 0.2) is 23.1 Å². The summed E-state index contributed by atoms with van der Waals surface area (Å²) in [6.07, 6.45) is 2.57. The standard InChI is InChI=1S/C16H25N3S2/c1-4-21-14-9-5-8-13(15(14)16(17)20)19(3)11-12-7-6-10-18(12)2/h5,8-9,12H,4,6-7,10-11H2,1-3H3,(H2,17,20). The van der Waals surface area contributed by atoms with E-state index in [1.165, 1.54) is 24.3 Å². The van der Waals surface area contributed by atoms with Crippen molar-refractivity contribution in [2.45, 2.75) is 30.7 Å². The molecular formula is C16H25N3S2. The molecule has 5 heteroatoms. The zero-order valence-corrected chi connectivity index (χ0v) is 14.8. The molecule has 1 aliphatic rings. The maximum absolute atomic E-state index is 6.00. The minimum atomic E-state index is 0.494. The number of likely N-dealkylation sites (N-methyl/N-ethyl adjacent to an activating group) is 2. The van der Waals surface area contributed by atoms with E-state index in [4.69, 9.17) is 18.0 Å². The van der Waals surface area contributed by atoms with Crippen LogP contribution in [0.1, 0.15) is 25.3 Å². The maximum atomic E-state index is 6.00. The van der Waals surface area contributed by atoms with Gasteiger partial charge in [-0.2, -0.15) is 0 Å². The Kier molecular flexibility index (Phi) is 5.90. The maximum Gasteiger partial charge on any atom is 0.107 e. The summed E-state index contributed by atoms with van der Waals surface area (Å²) < 4.78 is 0. The van der Waals surface area contributed by atoms with Crippen molar-refractivity contribution in [3.63, 3.8) is 0 Å². The Balaban J connectivity index is 2.25. The molecule has 0 bridgehead atoms. The summed E-state index contributed by atoms with van der Waals surface area (Å²) in [6, 6.07) is 6.96. The average Bonchev–Trinajstić information content (AvgIpc) is 2.84. The van der Waals surface area contributed by atoms with E-state index >= 15 is 0 Å². The number of rotatable bonds is 6. The van der Waals surface area contributed by atoms with E-state index in [2.05, 4.69) is 49.0 Å². The molecule has 2 rings (SSSR count). The first-order valence-electron chi connectivity index (χ1n) is 7.51. The molecule has 1 aromatic rings. The molecule has 1 saturated heterocycles. The lowest BCUT2D eigenvalue weighted by atomic mass is 10.1. The first-order chi connectivity index (χ1) is 10.0. The van der Waals surface area contributed by atoms with Gasteiger partial charge in [-0.3, -0.25) is 0 Å². The summed E-state index contributed by atoms with van der Waals surface area (Å²) in [4.78, 5) is 6.43. The minimum absolute atomic E-state index is 0.494. The highest BCUT2D eigenvalue weighted by atomic mass is 32.2. The molecule has 1 fully saturated rings. The molecule has 116 valence electrons. The zero-order chi connectivity index (χ0) is 15.4. The Bertz CT molecular complexity index is 504. The van der Waals surface area contributed by atoms with Crippen LogP contribution in [0.3, 0.4) is 0 Å². The number of thiocarbonyl (C=S) groups is 1. The smallest absolute Gasteiger partial charge is 0.107 e. The Labute approximate surface area is 137 Å². The number of hydrogen-bond donors (Lipinski definition) is 1. The molecular weight excluding hydrogens is 298 g/mol. The number of hydrogen-bond acceptors (Lipinski definition) is 4. The van der Waals surface area contributed by atoms with Crippen LogP contribution in [0.5, 0.6) is 0 Å². The van der Waals surface area contributed by atoms with Crippen LogP contribution < -0.4 is 10.6 Å². The highest BCUT2D eigenvalue weighted by molar-refractivity contribution is 7.99.